The van der Waals surface area contributed by atoms with E-state index in [1.165, 1.54) is 0 Å². The number of amides is 2. The Kier molecular flexibility index (Phi) is 4.04. The van der Waals surface area contributed by atoms with E-state index in [0.29, 0.717) is 25.3 Å². The average Bonchev–Trinajstić information content (AvgIpc) is 2.86. The van der Waals surface area contributed by atoms with Crippen molar-refractivity contribution in [3.63, 3.8) is 0 Å². The first-order valence-electron chi connectivity index (χ1n) is 6.50. The molecule has 2 amide bonds. The normalized spacial score (nSPS) is 29.2. The molecule has 0 aliphatic carbocycles. The predicted octanol–water partition coefficient (Wildman–Crippen LogP) is 1.64. The van der Waals surface area contributed by atoms with Gasteiger partial charge in [0.05, 0.1) is 4.87 Å². The van der Waals surface area contributed by atoms with Crippen LogP contribution in [0.3, 0.4) is 0 Å². The fraction of sp³-hybridized carbons (Fsp3) is 0.571. The van der Waals surface area contributed by atoms with Crippen molar-refractivity contribution >= 4 is 23.6 Å². The molecule has 0 bridgehead atoms. The largest absolute Gasteiger partial charge is 0.333 e. The van der Waals surface area contributed by atoms with Gasteiger partial charge in [0, 0.05) is 25.3 Å². The summed E-state index contributed by atoms with van der Waals surface area (Å²) in [7, 11) is 0. The SMILES string of the molecule is C=CCN(CC=C)C(=O)C1CSC2(C)CCC(=O)N12. The maximum Gasteiger partial charge on any atom is 0.246 e. The van der Waals surface area contributed by atoms with E-state index < -0.39 is 0 Å². The van der Waals surface area contributed by atoms with Crippen molar-refractivity contribution in [2.45, 2.75) is 30.7 Å². The van der Waals surface area contributed by atoms with Gasteiger partial charge in [-0.15, -0.1) is 24.9 Å². The highest BCUT2D eigenvalue weighted by molar-refractivity contribution is 8.01. The molecule has 2 fully saturated rings. The number of hydrogen-bond acceptors (Lipinski definition) is 3. The lowest BCUT2D eigenvalue weighted by molar-refractivity contribution is -0.143. The van der Waals surface area contributed by atoms with E-state index in [0.717, 1.165) is 6.42 Å². The van der Waals surface area contributed by atoms with Crippen LogP contribution < -0.4 is 0 Å². The molecular weight excluding hydrogens is 260 g/mol. The van der Waals surface area contributed by atoms with E-state index in [4.69, 9.17) is 0 Å². The second-order valence-corrected chi connectivity index (χ2v) is 6.59. The monoisotopic (exact) mass is 280 g/mol. The van der Waals surface area contributed by atoms with Gasteiger partial charge in [0.25, 0.3) is 0 Å². The Balaban J connectivity index is 2.17. The zero-order valence-electron chi connectivity index (χ0n) is 11.3. The van der Waals surface area contributed by atoms with Crippen LogP contribution in [-0.2, 0) is 9.59 Å². The summed E-state index contributed by atoms with van der Waals surface area (Å²) in [6.45, 7) is 10.4. The Labute approximate surface area is 118 Å². The summed E-state index contributed by atoms with van der Waals surface area (Å²) in [4.78, 5) is 27.9. The van der Waals surface area contributed by atoms with Crippen LogP contribution in [0.5, 0.6) is 0 Å². The van der Waals surface area contributed by atoms with Crippen molar-refractivity contribution in [1.29, 1.82) is 0 Å². The van der Waals surface area contributed by atoms with E-state index in [2.05, 4.69) is 20.1 Å². The van der Waals surface area contributed by atoms with Crippen LogP contribution in [0.4, 0.5) is 0 Å². The number of thioether (sulfide) groups is 1. The Hall–Kier alpha value is -1.23. The molecule has 0 spiro atoms. The van der Waals surface area contributed by atoms with Crippen molar-refractivity contribution in [2.75, 3.05) is 18.8 Å². The molecule has 104 valence electrons. The molecule has 2 aliphatic rings. The Morgan fingerprint density at radius 2 is 2.16 bits per heavy atom. The minimum absolute atomic E-state index is 0.00581. The molecule has 0 aromatic carbocycles. The Morgan fingerprint density at radius 3 is 2.74 bits per heavy atom. The van der Waals surface area contributed by atoms with Gasteiger partial charge >= 0.3 is 0 Å². The topological polar surface area (TPSA) is 40.6 Å². The van der Waals surface area contributed by atoms with E-state index >= 15 is 0 Å². The van der Waals surface area contributed by atoms with Crippen LogP contribution in [0.25, 0.3) is 0 Å². The molecule has 2 atom stereocenters. The van der Waals surface area contributed by atoms with Crippen molar-refractivity contribution in [1.82, 2.24) is 9.80 Å². The van der Waals surface area contributed by atoms with Gasteiger partial charge in [0.2, 0.25) is 11.8 Å². The Morgan fingerprint density at radius 1 is 1.53 bits per heavy atom. The quantitative estimate of drug-likeness (QED) is 0.719. The lowest BCUT2D eigenvalue weighted by Gasteiger charge is -2.32. The van der Waals surface area contributed by atoms with Crippen molar-refractivity contribution in [3.8, 4) is 0 Å². The van der Waals surface area contributed by atoms with Gasteiger partial charge in [-0.25, -0.2) is 0 Å². The molecule has 2 unspecified atom stereocenters. The highest BCUT2D eigenvalue weighted by Crippen LogP contribution is 2.47. The minimum atomic E-state index is -0.329. The summed E-state index contributed by atoms with van der Waals surface area (Å²) in [5, 5.41) is 0. The first-order chi connectivity index (χ1) is 9.03. The molecule has 2 heterocycles. The molecule has 2 rings (SSSR count). The number of fused-ring (bicyclic) bond motifs is 1. The highest BCUT2D eigenvalue weighted by Gasteiger charge is 2.53. The fourth-order valence-electron chi connectivity index (χ4n) is 2.78. The number of hydrogen-bond donors (Lipinski definition) is 0. The van der Waals surface area contributed by atoms with E-state index in [9.17, 15) is 9.59 Å². The van der Waals surface area contributed by atoms with Gasteiger partial charge in [-0.3, -0.25) is 9.59 Å². The summed E-state index contributed by atoms with van der Waals surface area (Å²) >= 11 is 1.71. The molecular formula is C14H20N2O2S. The summed E-state index contributed by atoms with van der Waals surface area (Å²) in [5.74, 6) is 0.792. The predicted molar refractivity (Wildman–Crippen MR) is 77.7 cm³/mol. The molecule has 0 aromatic rings. The van der Waals surface area contributed by atoms with Gasteiger partial charge in [0.15, 0.2) is 0 Å². The lowest BCUT2D eigenvalue weighted by atomic mass is 10.2. The zero-order valence-corrected chi connectivity index (χ0v) is 12.1. The zero-order chi connectivity index (χ0) is 14.0. The summed E-state index contributed by atoms with van der Waals surface area (Å²) in [6.07, 6.45) is 4.79. The molecule has 5 heteroatoms. The van der Waals surface area contributed by atoms with E-state index in [-0.39, 0.29) is 22.7 Å². The third-order valence-corrected chi connectivity index (χ3v) is 5.25. The van der Waals surface area contributed by atoms with Crippen LogP contribution in [0.1, 0.15) is 19.8 Å². The van der Waals surface area contributed by atoms with Crippen molar-refractivity contribution in [2.24, 2.45) is 0 Å². The van der Waals surface area contributed by atoms with Crippen LogP contribution >= 0.6 is 11.8 Å². The standard InChI is InChI=1S/C14H20N2O2S/c1-4-8-15(9-5-2)13(18)11-10-19-14(3)7-6-12(17)16(11)14/h4-5,11H,1-2,6-10H2,3H3. The number of carbonyl (C=O) groups excluding carboxylic acids is 2. The molecule has 19 heavy (non-hydrogen) atoms. The number of rotatable bonds is 5. The van der Waals surface area contributed by atoms with Gasteiger partial charge in [-0.1, -0.05) is 12.2 Å². The third kappa shape index (κ3) is 2.43. The van der Waals surface area contributed by atoms with Crippen LogP contribution in [0, 0.1) is 0 Å². The first-order valence-corrected chi connectivity index (χ1v) is 7.49. The van der Waals surface area contributed by atoms with E-state index in [1.807, 2.05) is 0 Å². The van der Waals surface area contributed by atoms with Gasteiger partial charge in [-0.05, 0) is 13.3 Å². The number of nitrogens with zero attached hydrogens (tertiary/aromatic N) is 2. The Bertz CT molecular complexity index is 414. The maximum absolute atomic E-state index is 12.6. The van der Waals surface area contributed by atoms with Gasteiger partial charge < -0.3 is 9.80 Å². The highest BCUT2D eigenvalue weighted by atomic mass is 32.2. The molecule has 0 aromatic heterocycles. The minimum Gasteiger partial charge on any atom is -0.333 e. The van der Waals surface area contributed by atoms with Gasteiger partial charge in [-0.2, -0.15) is 0 Å². The molecule has 2 saturated heterocycles. The number of carbonyl (C=O) groups is 2. The van der Waals surface area contributed by atoms with Crippen LogP contribution in [0.2, 0.25) is 0 Å². The second-order valence-electron chi connectivity index (χ2n) is 5.09. The molecule has 0 saturated carbocycles. The first kappa shape index (κ1) is 14.2. The van der Waals surface area contributed by atoms with Crippen LogP contribution in [0.15, 0.2) is 25.3 Å². The maximum atomic E-state index is 12.6. The molecule has 0 radical (unpaired) electrons. The van der Waals surface area contributed by atoms with E-state index in [1.54, 1.807) is 33.7 Å². The summed E-state index contributed by atoms with van der Waals surface area (Å²) in [6, 6.07) is -0.329. The van der Waals surface area contributed by atoms with Crippen molar-refractivity contribution < 1.29 is 9.59 Å². The average molecular weight is 280 g/mol. The van der Waals surface area contributed by atoms with Crippen molar-refractivity contribution in [3.05, 3.63) is 25.3 Å². The third-order valence-electron chi connectivity index (χ3n) is 3.74. The molecule has 2 aliphatic heterocycles. The smallest absolute Gasteiger partial charge is 0.246 e. The fourth-order valence-corrected chi connectivity index (χ4v) is 4.20. The summed E-state index contributed by atoms with van der Waals surface area (Å²) in [5.41, 5.74) is 0. The molecule has 0 N–H and O–H groups in total. The van der Waals surface area contributed by atoms with Gasteiger partial charge in [0.1, 0.15) is 6.04 Å². The molecule has 4 nitrogen and oxygen atoms in total. The summed E-state index contributed by atoms with van der Waals surface area (Å²) < 4.78 is 0. The second kappa shape index (κ2) is 5.41. The van der Waals surface area contributed by atoms with Crippen LogP contribution in [-0.4, -0.2) is 51.4 Å². The lowest BCUT2D eigenvalue weighted by Crippen LogP contribution is -2.51.